The SMILES string of the molecule is O=C(C1CCc2[nH]cnc2C1)N1CCc2ccccc2C1. The molecule has 4 nitrogen and oxygen atoms in total. The molecule has 0 saturated heterocycles. The van der Waals surface area contributed by atoms with Gasteiger partial charge in [0.05, 0.1) is 12.0 Å². The van der Waals surface area contributed by atoms with Gasteiger partial charge in [0.15, 0.2) is 0 Å². The van der Waals surface area contributed by atoms with Gasteiger partial charge in [-0.1, -0.05) is 24.3 Å². The van der Waals surface area contributed by atoms with Crippen LogP contribution < -0.4 is 0 Å². The summed E-state index contributed by atoms with van der Waals surface area (Å²) in [4.78, 5) is 22.3. The highest BCUT2D eigenvalue weighted by Gasteiger charge is 2.31. The lowest BCUT2D eigenvalue weighted by Crippen LogP contribution is -2.41. The second-order valence-corrected chi connectivity index (χ2v) is 6.05. The van der Waals surface area contributed by atoms with E-state index in [2.05, 4.69) is 34.2 Å². The Balaban J connectivity index is 1.49. The van der Waals surface area contributed by atoms with Crippen molar-refractivity contribution in [3.05, 3.63) is 53.1 Å². The second kappa shape index (κ2) is 5.02. The summed E-state index contributed by atoms with van der Waals surface area (Å²) in [7, 11) is 0. The van der Waals surface area contributed by atoms with Crippen LogP contribution in [0, 0.1) is 5.92 Å². The van der Waals surface area contributed by atoms with Gasteiger partial charge < -0.3 is 9.88 Å². The van der Waals surface area contributed by atoms with E-state index >= 15 is 0 Å². The van der Waals surface area contributed by atoms with Crippen molar-refractivity contribution < 1.29 is 4.79 Å². The number of hydrogen-bond donors (Lipinski definition) is 1. The van der Waals surface area contributed by atoms with Gasteiger partial charge in [0.25, 0.3) is 0 Å². The highest BCUT2D eigenvalue weighted by atomic mass is 16.2. The number of nitrogens with zero attached hydrogens (tertiary/aromatic N) is 2. The van der Waals surface area contributed by atoms with E-state index in [1.807, 2.05) is 4.90 Å². The molecule has 1 atom stereocenters. The molecule has 1 unspecified atom stereocenters. The zero-order chi connectivity index (χ0) is 14.2. The largest absolute Gasteiger partial charge is 0.348 e. The first-order valence-electron chi connectivity index (χ1n) is 7.68. The van der Waals surface area contributed by atoms with E-state index in [9.17, 15) is 4.79 Å². The number of imidazole rings is 1. The second-order valence-electron chi connectivity index (χ2n) is 6.05. The van der Waals surface area contributed by atoms with Gasteiger partial charge >= 0.3 is 0 Å². The van der Waals surface area contributed by atoms with Gasteiger partial charge in [0, 0.05) is 31.1 Å². The van der Waals surface area contributed by atoms with E-state index in [4.69, 9.17) is 0 Å². The lowest BCUT2D eigenvalue weighted by atomic mass is 9.88. The molecule has 1 aromatic heterocycles. The number of nitrogens with one attached hydrogen (secondary N) is 1. The number of hydrogen-bond acceptors (Lipinski definition) is 2. The third kappa shape index (κ3) is 2.24. The number of aromatic nitrogens is 2. The summed E-state index contributed by atoms with van der Waals surface area (Å²) in [6.45, 7) is 1.61. The average Bonchev–Trinajstić information content (AvgIpc) is 3.01. The Morgan fingerprint density at radius 1 is 1.24 bits per heavy atom. The predicted octanol–water partition coefficient (Wildman–Crippen LogP) is 2.10. The number of rotatable bonds is 1. The van der Waals surface area contributed by atoms with E-state index in [0.717, 1.165) is 44.5 Å². The number of amides is 1. The third-order valence-corrected chi connectivity index (χ3v) is 4.78. The lowest BCUT2D eigenvalue weighted by Gasteiger charge is -2.32. The smallest absolute Gasteiger partial charge is 0.226 e. The summed E-state index contributed by atoms with van der Waals surface area (Å²) in [6, 6.07) is 8.45. The number of aromatic amines is 1. The highest BCUT2D eigenvalue weighted by Crippen LogP contribution is 2.27. The van der Waals surface area contributed by atoms with Crippen LogP contribution in [0.25, 0.3) is 0 Å². The number of carbonyl (C=O) groups excluding carboxylic acids is 1. The Kier molecular flexibility index (Phi) is 3.02. The zero-order valence-corrected chi connectivity index (χ0v) is 12.0. The summed E-state index contributed by atoms with van der Waals surface area (Å²) in [5.41, 5.74) is 4.98. The molecule has 2 aromatic rings. The molecule has 108 valence electrons. The molecule has 0 fully saturated rings. The van der Waals surface area contributed by atoms with Crippen molar-refractivity contribution in [3.63, 3.8) is 0 Å². The highest BCUT2D eigenvalue weighted by molar-refractivity contribution is 5.79. The summed E-state index contributed by atoms with van der Waals surface area (Å²) in [5.74, 6) is 0.407. The molecule has 2 aliphatic rings. The van der Waals surface area contributed by atoms with Gasteiger partial charge in [-0.15, -0.1) is 0 Å². The number of benzene rings is 1. The van der Waals surface area contributed by atoms with Crippen molar-refractivity contribution in [2.75, 3.05) is 6.54 Å². The lowest BCUT2D eigenvalue weighted by molar-refractivity contribution is -0.136. The number of carbonyl (C=O) groups is 1. The van der Waals surface area contributed by atoms with Crippen LogP contribution in [0.1, 0.15) is 28.9 Å². The van der Waals surface area contributed by atoms with Crippen LogP contribution in [0.15, 0.2) is 30.6 Å². The summed E-state index contributed by atoms with van der Waals surface area (Å²) in [6.07, 6.45) is 5.38. The first kappa shape index (κ1) is 12.6. The summed E-state index contributed by atoms with van der Waals surface area (Å²) < 4.78 is 0. The fourth-order valence-corrected chi connectivity index (χ4v) is 3.55. The molecule has 4 rings (SSSR count). The van der Waals surface area contributed by atoms with Crippen LogP contribution in [0.5, 0.6) is 0 Å². The zero-order valence-electron chi connectivity index (χ0n) is 12.0. The van der Waals surface area contributed by atoms with E-state index in [0.29, 0.717) is 5.91 Å². The van der Waals surface area contributed by atoms with Gasteiger partial charge in [-0.3, -0.25) is 4.79 Å². The molecule has 1 amide bonds. The molecule has 1 N–H and O–H groups in total. The van der Waals surface area contributed by atoms with E-state index < -0.39 is 0 Å². The van der Waals surface area contributed by atoms with Crippen molar-refractivity contribution in [1.29, 1.82) is 0 Å². The monoisotopic (exact) mass is 281 g/mol. The van der Waals surface area contributed by atoms with Crippen LogP contribution in [0.4, 0.5) is 0 Å². The van der Waals surface area contributed by atoms with Gasteiger partial charge in [-0.2, -0.15) is 0 Å². The Labute approximate surface area is 124 Å². The van der Waals surface area contributed by atoms with E-state index in [-0.39, 0.29) is 5.92 Å². The Hall–Kier alpha value is -2.10. The Bertz CT molecular complexity index is 676. The van der Waals surface area contributed by atoms with Crippen LogP contribution in [0.3, 0.4) is 0 Å². The van der Waals surface area contributed by atoms with Crippen molar-refractivity contribution in [2.45, 2.75) is 32.2 Å². The molecular formula is C17H19N3O. The third-order valence-electron chi connectivity index (χ3n) is 4.78. The van der Waals surface area contributed by atoms with Crippen LogP contribution in [-0.4, -0.2) is 27.3 Å². The van der Waals surface area contributed by atoms with E-state index in [1.54, 1.807) is 6.33 Å². The molecule has 2 heterocycles. The molecule has 4 heteroatoms. The molecule has 0 spiro atoms. The molecule has 21 heavy (non-hydrogen) atoms. The first-order chi connectivity index (χ1) is 10.3. The summed E-state index contributed by atoms with van der Waals surface area (Å²) >= 11 is 0. The maximum Gasteiger partial charge on any atom is 0.226 e. The molecule has 1 aliphatic carbocycles. The maximum absolute atomic E-state index is 12.8. The standard InChI is InChI=1S/C17H19N3O/c21-17(13-5-6-15-16(9-13)19-11-18-15)20-8-7-12-3-1-2-4-14(12)10-20/h1-4,11,13H,5-10H2,(H,18,19). The molecule has 1 aliphatic heterocycles. The van der Waals surface area contributed by atoms with Crippen molar-refractivity contribution >= 4 is 5.91 Å². The quantitative estimate of drug-likeness (QED) is 0.870. The minimum absolute atomic E-state index is 0.103. The van der Waals surface area contributed by atoms with Crippen LogP contribution in [-0.2, 0) is 30.6 Å². The summed E-state index contributed by atoms with van der Waals surface area (Å²) in [5, 5.41) is 0. The van der Waals surface area contributed by atoms with Gasteiger partial charge in [0.1, 0.15) is 0 Å². The van der Waals surface area contributed by atoms with Crippen molar-refractivity contribution in [1.82, 2.24) is 14.9 Å². The normalized spacial score (nSPS) is 20.8. The fourth-order valence-electron chi connectivity index (χ4n) is 3.55. The molecule has 0 saturated carbocycles. The molecule has 1 aromatic carbocycles. The fraction of sp³-hybridized carbons (Fsp3) is 0.412. The Morgan fingerprint density at radius 2 is 2.10 bits per heavy atom. The topological polar surface area (TPSA) is 49.0 Å². The van der Waals surface area contributed by atoms with E-state index in [1.165, 1.54) is 16.8 Å². The minimum Gasteiger partial charge on any atom is -0.348 e. The number of fused-ring (bicyclic) bond motifs is 2. The minimum atomic E-state index is 0.103. The number of aryl methyl sites for hydroxylation is 1. The van der Waals surface area contributed by atoms with Gasteiger partial charge in [-0.25, -0.2) is 4.98 Å². The van der Waals surface area contributed by atoms with Crippen LogP contribution >= 0.6 is 0 Å². The first-order valence-corrected chi connectivity index (χ1v) is 7.68. The molecule has 0 bridgehead atoms. The average molecular weight is 281 g/mol. The van der Waals surface area contributed by atoms with Crippen molar-refractivity contribution in [3.8, 4) is 0 Å². The Morgan fingerprint density at radius 3 is 3.00 bits per heavy atom. The molecule has 0 radical (unpaired) electrons. The van der Waals surface area contributed by atoms with Crippen molar-refractivity contribution in [2.24, 2.45) is 5.92 Å². The van der Waals surface area contributed by atoms with Gasteiger partial charge in [-0.05, 0) is 30.4 Å². The van der Waals surface area contributed by atoms with Crippen LogP contribution in [0.2, 0.25) is 0 Å². The molecular weight excluding hydrogens is 262 g/mol. The predicted molar refractivity (Wildman–Crippen MR) is 79.7 cm³/mol. The maximum atomic E-state index is 12.8. The van der Waals surface area contributed by atoms with Gasteiger partial charge in [0.2, 0.25) is 5.91 Å². The number of H-pyrrole nitrogens is 1.